The number of nitrogens with one attached hydrogen (secondary N) is 2. The van der Waals surface area contributed by atoms with Crippen molar-refractivity contribution in [1.29, 1.82) is 0 Å². The van der Waals surface area contributed by atoms with E-state index in [9.17, 15) is 4.79 Å². The van der Waals surface area contributed by atoms with Crippen LogP contribution >= 0.6 is 23.1 Å². The molecule has 0 unspecified atom stereocenters. The Hall–Kier alpha value is -2.58. The molecule has 0 radical (unpaired) electrons. The quantitative estimate of drug-likeness (QED) is 0.529. The molecule has 1 atom stereocenters. The molecule has 3 aromatic rings. The molecule has 0 aliphatic heterocycles. The number of para-hydroxylation sites is 1. The lowest BCUT2D eigenvalue weighted by molar-refractivity contribution is -0.115. The van der Waals surface area contributed by atoms with Crippen LogP contribution in [0, 0.1) is 0 Å². The van der Waals surface area contributed by atoms with Gasteiger partial charge >= 0.3 is 0 Å². The zero-order valence-electron chi connectivity index (χ0n) is 15.0. The van der Waals surface area contributed by atoms with Crippen molar-refractivity contribution in [3.05, 3.63) is 54.6 Å². The number of hydrogen-bond donors (Lipinski definition) is 2. The molecule has 0 spiro atoms. The number of rotatable bonds is 8. The Morgan fingerprint density at radius 2 is 1.85 bits per heavy atom. The molecule has 2 N–H and O–H groups in total. The smallest absolute Gasteiger partial charge is 0.237 e. The molecule has 1 heterocycles. The summed E-state index contributed by atoms with van der Waals surface area (Å²) in [6.45, 7) is 4.39. The molecule has 1 amide bonds. The van der Waals surface area contributed by atoms with Crippen molar-refractivity contribution in [1.82, 2.24) is 10.2 Å². The number of anilines is 3. The summed E-state index contributed by atoms with van der Waals surface area (Å²) in [5.41, 5.74) is 1.69. The van der Waals surface area contributed by atoms with Crippen LogP contribution in [0.1, 0.15) is 13.8 Å². The molecule has 0 saturated carbocycles. The fraction of sp³-hybridized carbons (Fsp3) is 0.211. The minimum Gasteiger partial charge on any atom is -0.494 e. The first kappa shape index (κ1) is 19.2. The van der Waals surface area contributed by atoms with Gasteiger partial charge in [0.05, 0.1) is 11.9 Å². The van der Waals surface area contributed by atoms with E-state index >= 15 is 0 Å². The third kappa shape index (κ3) is 5.70. The zero-order valence-corrected chi connectivity index (χ0v) is 16.6. The van der Waals surface area contributed by atoms with Gasteiger partial charge in [0, 0.05) is 11.4 Å². The molecule has 8 heteroatoms. The number of ether oxygens (including phenoxy) is 1. The third-order valence-electron chi connectivity index (χ3n) is 3.51. The topological polar surface area (TPSA) is 76.1 Å². The predicted octanol–water partition coefficient (Wildman–Crippen LogP) is 4.80. The fourth-order valence-corrected chi connectivity index (χ4v) is 4.12. The molecule has 6 nitrogen and oxygen atoms in total. The van der Waals surface area contributed by atoms with Crippen LogP contribution in [0.15, 0.2) is 58.9 Å². The van der Waals surface area contributed by atoms with Gasteiger partial charge in [0.1, 0.15) is 5.75 Å². The van der Waals surface area contributed by atoms with Crippen molar-refractivity contribution in [3.8, 4) is 5.75 Å². The number of carbonyl (C=O) groups is 1. The highest BCUT2D eigenvalue weighted by Gasteiger charge is 2.17. The van der Waals surface area contributed by atoms with Gasteiger partial charge in [0.25, 0.3) is 0 Å². The number of benzene rings is 2. The van der Waals surface area contributed by atoms with Gasteiger partial charge in [-0.2, -0.15) is 0 Å². The lowest BCUT2D eigenvalue weighted by atomic mass is 10.3. The summed E-state index contributed by atoms with van der Waals surface area (Å²) in [5.74, 6) is 0.696. The maximum atomic E-state index is 12.4. The number of hydrogen-bond acceptors (Lipinski definition) is 7. The van der Waals surface area contributed by atoms with E-state index in [4.69, 9.17) is 4.74 Å². The van der Waals surface area contributed by atoms with E-state index < -0.39 is 0 Å². The van der Waals surface area contributed by atoms with E-state index in [0.717, 1.165) is 21.5 Å². The monoisotopic (exact) mass is 400 g/mol. The van der Waals surface area contributed by atoms with Crippen LogP contribution in [0.25, 0.3) is 0 Å². The van der Waals surface area contributed by atoms with Crippen molar-refractivity contribution < 1.29 is 9.53 Å². The molecule has 2 aromatic carbocycles. The lowest BCUT2D eigenvalue weighted by Gasteiger charge is -2.11. The molecular formula is C19H20N4O2S2. The molecule has 27 heavy (non-hydrogen) atoms. The average Bonchev–Trinajstić information content (AvgIpc) is 3.11. The predicted molar refractivity (Wildman–Crippen MR) is 111 cm³/mol. The molecule has 3 rings (SSSR count). The maximum absolute atomic E-state index is 12.4. The van der Waals surface area contributed by atoms with Crippen LogP contribution in [-0.2, 0) is 4.79 Å². The van der Waals surface area contributed by atoms with E-state index in [0.29, 0.717) is 11.7 Å². The Morgan fingerprint density at radius 1 is 1.11 bits per heavy atom. The summed E-state index contributed by atoms with van der Waals surface area (Å²) >= 11 is 2.80. The molecule has 140 valence electrons. The van der Waals surface area contributed by atoms with Crippen LogP contribution < -0.4 is 15.4 Å². The van der Waals surface area contributed by atoms with E-state index in [1.54, 1.807) is 0 Å². The van der Waals surface area contributed by atoms with E-state index in [-0.39, 0.29) is 11.2 Å². The standard InChI is InChI=1S/C19H20N4O2S2/c1-3-25-16-11-9-15(10-12-16)20-17(24)13(2)26-19-23-22-18(27-19)21-14-7-5-4-6-8-14/h4-13H,3H2,1-2H3,(H,20,24)(H,21,22)/t13-/m1/s1. The summed E-state index contributed by atoms with van der Waals surface area (Å²) in [5, 5.41) is 14.8. The first-order chi connectivity index (χ1) is 13.1. The van der Waals surface area contributed by atoms with E-state index in [1.807, 2.05) is 68.4 Å². The van der Waals surface area contributed by atoms with Crippen LogP contribution in [0.3, 0.4) is 0 Å². The van der Waals surface area contributed by atoms with E-state index in [2.05, 4.69) is 20.8 Å². The number of nitrogens with zero attached hydrogens (tertiary/aromatic N) is 2. The first-order valence-electron chi connectivity index (χ1n) is 8.50. The molecular weight excluding hydrogens is 380 g/mol. The fourth-order valence-electron chi connectivity index (χ4n) is 2.20. The third-order valence-corrected chi connectivity index (χ3v) is 5.53. The Bertz CT molecular complexity index is 869. The summed E-state index contributed by atoms with van der Waals surface area (Å²) in [4.78, 5) is 12.4. The van der Waals surface area contributed by atoms with Crippen molar-refractivity contribution in [2.24, 2.45) is 0 Å². The zero-order chi connectivity index (χ0) is 19.1. The van der Waals surface area contributed by atoms with Crippen LogP contribution in [0.2, 0.25) is 0 Å². The second-order valence-electron chi connectivity index (χ2n) is 5.57. The molecule has 0 saturated heterocycles. The largest absolute Gasteiger partial charge is 0.494 e. The first-order valence-corrected chi connectivity index (χ1v) is 10.2. The maximum Gasteiger partial charge on any atom is 0.237 e. The minimum atomic E-state index is -0.297. The van der Waals surface area contributed by atoms with Gasteiger partial charge in [0.2, 0.25) is 11.0 Å². The summed E-state index contributed by atoms with van der Waals surface area (Å²) in [6, 6.07) is 17.1. The Morgan fingerprint density at radius 3 is 2.56 bits per heavy atom. The summed E-state index contributed by atoms with van der Waals surface area (Å²) in [7, 11) is 0. The molecule has 0 bridgehead atoms. The Balaban J connectivity index is 1.53. The Labute approximate surface area is 166 Å². The van der Waals surface area contributed by atoms with Crippen molar-refractivity contribution in [2.45, 2.75) is 23.4 Å². The summed E-state index contributed by atoms with van der Waals surface area (Å²) < 4.78 is 6.14. The average molecular weight is 401 g/mol. The highest BCUT2D eigenvalue weighted by Crippen LogP contribution is 2.30. The van der Waals surface area contributed by atoms with Crippen LogP contribution in [0.5, 0.6) is 5.75 Å². The van der Waals surface area contributed by atoms with Crippen LogP contribution in [0.4, 0.5) is 16.5 Å². The van der Waals surface area contributed by atoms with Gasteiger partial charge in [-0.3, -0.25) is 4.79 Å². The molecule has 0 fully saturated rings. The molecule has 0 aliphatic carbocycles. The van der Waals surface area contributed by atoms with Gasteiger partial charge in [0.15, 0.2) is 4.34 Å². The number of carbonyl (C=O) groups excluding carboxylic acids is 1. The SMILES string of the molecule is CCOc1ccc(NC(=O)[C@@H](C)Sc2nnc(Nc3ccccc3)s2)cc1. The van der Waals surface area contributed by atoms with Crippen LogP contribution in [-0.4, -0.2) is 28.0 Å². The lowest BCUT2D eigenvalue weighted by Crippen LogP contribution is -2.22. The van der Waals surface area contributed by atoms with E-state index in [1.165, 1.54) is 23.1 Å². The van der Waals surface area contributed by atoms with Crippen molar-refractivity contribution >= 4 is 45.5 Å². The minimum absolute atomic E-state index is 0.0862. The number of thioether (sulfide) groups is 1. The van der Waals surface area contributed by atoms with Crippen molar-refractivity contribution in [2.75, 3.05) is 17.2 Å². The van der Waals surface area contributed by atoms with Gasteiger partial charge < -0.3 is 15.4 Å². The second-order valence-corrected chi connectivity index (χ2v) is 8.14. The molecule has 1 aromatic heterocycles. The number of aromatic nitrogens is 2. The number of amides is 1. The van der Waals surface area contributed by atoms with Gasteiger partial charge in [-0.05, 0) is 50.2 Å². The van der Waals surface area contributed by atoms with Crippen molar-refractivity contribution in [3.63, 3.8) is 0 Å². The van der Waals surface area contributed by atoms with Gasteiger partial charge in [-0.15, -0.1) is 10.2 Å². The van der Waals surface area contributed by atoms with Gasteiger partial charge in [-0.1, -0.05) is 41.3 Å². The highest BCUT2D eigenvalue weighted by atomic mass is 32.2. The normalized spacial score (nSPS) is 11.6. The summed E-state index contributed by atoms with van der Waals surface area (Å²) in [6.07, 6.45) is 0. The Kier molecular flexibility index (Phi) is 6.67. The van der Waals surface area contributed by atoms with Gasteiger partial charge in [-0.25, -0.2) is 0 Å². The highest BCUT2D eigenvalue weighted by molar-refractivity contribution is 8.02. The molecule has 0 aliphatic rings. The second kappa shape index (κ2) is 9.38.